The highest BCUT2D eigenvalue weighted by molar-refractivity contribution is 14.1. The number of nitrogens with zero attached hydrogens (tertiary/aromatic N) is 3. The van der Waals surface area contributed by atoms with Gasteiger partial charge in [0.25, 0.3) is 0 Å². The first-order chi connectivity index (χ1) is 15.1. The number of pyridine rings is 2. The van der Waals surface area contributed by atoms with E-state index in [1.165, 1.54) is 63.5 Å². The predicted octanol–water partition coefficient (Wildman–Crippen LogP) is 7.21. The first kappa shape index (κ1) is 17.5. The molecule has 4 aromatic carbocycles. The molecule has 0 atom stereocenters. The van der Waals surface area contributed by atoms with Crippen molar-refractivity contribution in [2.24, 2.45) is 0 Å². The maximum Gasteiger partial charge on any atom is 0.0823 e. The van der Waals surface area contributed by atoms with Crippen LogP contribution in [0, 0.1) is 3.57 Å². The number of anilines is 1. The molecule has 7 rings (SSSR count). The van der Waals surface area contributed by atoms with E-state index in [0.29, 0.717) is 0 Å². The first-order valence-corrected chi connectivity index (χ1v) is 11.5. The topological polar surface area (TPSA) is 20.5 Å². The number of aromatic nitrogens is 2. The minimum absolute atomic E-state index is 1.08. The first-order valence-electron chi connectivity index (χ1n) is 10.4. The molecule has 0 fully saturated rings. The van der Waals surface area contributed by atoms with Gasteiger partial charge < -0.3 is 9.30 Å². The van der Waals surface area contributed by atoms with Crippen LogP contribution < -0.4 is 4.90 Å². The molecule has 3 nitrogen and oxygen atoms in total. The van der Waals surface area contributed by atoms with Gasteiger partial charge in [0.2, 0.25) is 0 Å². The average Bonchev–Trinajstić information content (AvgIpc) is 3.13. The number of hydrogen-bond donors (Lipinski definition) is 0. The quantitative estimate of drug-likeness (QED) is 0.132. The van der Waals surface area contributed by atoms with E-state index < -0.39 is 0 Å². The SMILES string of the molecule is CN(C)c1c2ccccc2cc2c3nccc4cc(I)c5c6ccccc6n(c12)c5c43. The molecule has 0 N–H and O–H groups in total. The molecule has 0 aliphatic carbocycles. The fourth-order valence-corrected chi connectivity index (χ4v) is 6.27. The second kappa shape index (κ2) is 5.98. The molecule has 4 heteroatoms. The monoisotopic (exact) mass is 511 g/mol. The fraction of sp³-hybridized carbons (Fsp3) is 0.0741. The molecule has 0 amide bonds. The number of benzene rings is 4. The molecular formula is C27H18IN3. The molecule has 0 aliphatic rings. The van der Waals surface area contributed by atoms with Crippen LogP contribution in [0.25, 0.3) is 59.8 Å². The van der Waals surface area contributed by atoms with Crippen LogP contribution in [-0.2, 0) is 0 Å². The van der Waals surface area contributed by atoms with Crippen LogP contribution >= 0.6 is 22.6 Å². The van der Waals surface area contributed by atoms with Crippen LogP contribution in [0.15, 0.2) is 72.9 Å². The maximum absolute atomic E-state index is 4.93. The molecule has 3 heterocycles. The van der Waals surface area contributed by atoms with Gasteiger partial charge in [-0.1, -0.05) is 42.5 Å². The van der Waals surface area contributed by atoms with E-state index in [-0.39, 0.29) is 0 Å². The van der Waals surface area contributed by atoms with Gasteiger partial charge in [0, 0.05) is 50.8 Å². The van der Waals surface area contributed by atoms with Gasteiger partial charge >= 0.3 is 0 Å². The lowest BCUT2D eigenvalue weighted by Crippen LogP contribution is -2.11. The summed E-state index contributed by atoms with van der Waals surface area (Å²) >= 11 is 2.50. The van der Waals surface area contributed by atoms with E-state index in [1.54, 1.807) is 0 Å². The van der Waals surface area contributed by atoms with Gasteiger partial charge in [0.15, 0.2) is 0 Å². The van der Waals surface area contributed by atoms with Gasteiger partial charge in [0.05, 0.1) is 27.8 Å². The number of fused-ring (bicyclic) bond motifs is 7. The Morgan fingerprint density at radius 2 is 1.55 bits per heavy atom. The van der Waals surface area contributed by atoms with Gasteiger partial charge in [-0.15, -0.1) is 0 Å². The maximum atomic E-state index is 4.93. The zero-order valence-electron chi connectivity index (χ0n) is 17.1. The summed E-state index contributed by atoms with van der Waals surface area (Å²) in [6.07, 6.45) is 1.95. The summed E-state index contributed by atoms with van der Waals surface area (Å²) in [6.45, 7) is 0. The molecule has 0 unspecified atom stereocenters. The van der Waals surface area contributed by atoms with Crippen molar-refractivity contribution in [3.05, 3.63) is 76.5 Å². The van der Waals surface area contributed by atoms with Crippen LogP contribution in [0.4, 0.5) is 5.69 Å². The Morgan fingerprint density at radius 3 is 2.39 bits per heavy atom. The second-order valence-corrected chi connectivity index (χ2v) is 9.59. The molecule has 0 spiro atoms. The molecule has 7 aromatic rings. The van der Waals surface area contributed by atoms with Crippen molar-refractivity contribution in [1.82, 2.24) is 9.38 Å². The Kier molecular flexibility index (Phi) is 3.38. The van der Waals surface area contributed by atoms with Crippen LogP contribution in [0.2, 0.25) is 0 Å². The third-order valence-corrected chi connectivity index (χ3v) is 7.39. The highest BCUT2D eigenvalue weighted by atomic mass is 127. The summed E-state index contributed by atoms with van der Waals surface area (Å²) in [4.78, 5) is 7.19. The highest BCUT2D eigenvalue weighted by Crippen LogP contribution is 2.46. The van der Waals surface area contributed by atoms with Crippen molar-refractivity contribution in [2.45, 2.75) is 0 Å². The Bertz CT molecular complexity index is 1830. The Hall–Kier alpha value is -3.12. The summed E-state index contributed by atoms with van der Waals surface area (Å²) < 4.78 is 3.77. The Morgan fingerprint density at radius 1 is 0.774 bits per heavy atom. The van der Waals surface area contributed by atoms with E-state index >= 15 is 0 Å². The summed E-state index contributed by atoms with van der Waals surface area (Å²) in [5.74, 6) is 0. The van der Waals surface area contributed by atoms with E-state index in [9.17, 15) is 0 Å². The van der Waals surface area contributed by atoms with Crippen molar-refractivity contribution in [3.8, 4) is 0 Å². The summed E-state index contributed by atoms with van der Waals surface area (Å²) in [5.41, 5.74) is 6.07. The smallest absolute Gasteiger partial charge is 0.0823 e. The van der Waals surface area contributed by atoms with E-state index in [4.69, 9.17) is 4.98 Å². The summed E-state index contributed by atoms with van der Waals surface area (Å²) in [5, 5.41) is 8.82. The van der Waals surface area contributed by atoms with Crippen molar-refractivity contribution >= 4 is 88.0 Å². The Balaban J connectivity index is 1.98. The van der Waals surface area contributed by atoms with Crippen molar-refractivity contribution < 1.29 is 0 Å². The molecule has 148 valence electrons. The van der Waals surface area contributed by atoms with E-state index in [2.05, 4.69) is 113 Å². The minimum Gasteiger partial charge on any atom is -0.375 e. The second-order valence-electron chi connectivity index (χ2n) is 8.43. The molecule has 0 bridgehead atoms. The van der Waals surface area contributed by atoms with Gasteiger partial charge in [-0.25, -0.2) is 0 Å². The van der Waals surface area contributed by atoms with E-state index in [0.717, 1.165) is 5.52 Å². The lowest BCUT2D eigenvalue weighted by Gasteiger charge is -2.22. The van der Waals surface area contributed by atoms with Crippen LogP contribution in [0.5, 0.6) is 0 Å². The molecule has 0 radical (unpaired) electrons. The zero-order chi connectivity index (χ0) is 20.9. The molecule has 0 saturated carbocycles. The lowest BCUT2D eigenvalue weighted by atomic mass is 9.98. The van der Waals surface area contributed by atoms with Crippen LogP contribution in [0.3, 0.4) is 0 Å². The normalized spacial score (nSPS) is 12.4. The predicted molar refractivity (Wildman–Crippen MR) is 141 cm³/mol. The average molecular weight is 511 g/mol. The van der Waals surface area contributed by atoms with Crippen LogP contribution in [0.1, 0.15) is 0 Å². The molecule has 0 aliphatic heterocycles. The molecule has 3 aromatic heterocycles. The van der Waals surface area contributed by atoms with Gasteiger partial charge in [-0.3, -0.25) is 4.98 Å². The third-order valence-electron chi connectivity index (χ3n) is 6.54. The summed E-state index contributed by atoms with van der Waals surface area (Å²) in [7, 11) is 4.28. The largest absolute Gasteiger partial charge is 0.375 e. The number of para-hydroxylation sites is 1. The fourth-order valence-electron chi connectivity index (χ4n) is 5.39. The van der Waals surface area contributed by atoms with Gasteiger partial charge in [-0.2, -0.15) is 0 Å². The minimum atomic E-state index is 1.08. The van der Waals surface area contributed by atoms with E-state index in [1.807, 2.05) is 6.20 Å². The lowest BCUT2D eigenvalue weighted by molar-refractivity contribution is 1.14. The molecule has 31 heavy (non-hydrogen) atoms. The van der Waals surface area contributed by atoms with Gasteiger partial charge in [0.1, 0.15) is 0 Å². The van der Waals surface area contributed by atoms with Crippen molar-refractivity contribution in [1.29, 1.82) is 0 Å². The molecular weight excluding hydrogens is 493 g/mol. The van der Waals surface area contributed by atoms with Crippen LogP contribution in [-0.4, -0.2) is 23.5 Å². The molecule has 0 saturated heterocycles. The summed E-state index contributed by atoms with van der Waals surface area (Å²) in [6, 6.07) is 24.2. The zero-order valence-corrected chi connectivity index (χ0v) is 19.3. The Labute approximate surface area is 192 Å². The standard InChI is InChI=1S/C27H18IN3/c1-30(2)25-17-8-4-3-7-15(17)13-19-24-22-16(11-12-29-24)14-20(28)23-18-9-5-6-10-21(18)31(26(19)25)27(22)23/h3-14H,1-2H3. The van der Waals surface area contributed by atoms with Crippen molar-refractivity contribution in [3.63, 3.8) is 0 Å². The highest BCUT2D eigenvalue weighted by Gasteiger charge is 2.23. The number of halogens is 1. The third kappa shape index (κ3) is 2.11. The van der Waals surface area contributed by atoms with Crippen molar-refractivity contribution in [2.75, 3.05) is 19.0 Å². The van der Waals surface area contributed by atoms with Gasteiger partial charge in [-0.05, 0) is 57.6 Å². The number of hydrogen-bond acceptors (Lipinski definition) is 2. The number of rotatable bonds is 1.